The molecule has 0 radical (unpaired) electrons. The maximum Gasteiger partial charge on any atom is 0.324 e. The lowest BCUT2D eigenvalue weighted by Gasteiger charge is -2.23. The SMILES string of the molecule is O=C(OCc1nccs1)[C@H]1SCCc2ccccc21. The van der Waals surface area contributed by atoms with E-state index >= 15 is 0 Å². The van der Waals surface area contributed by atoms with E-state index in [1.807, 2.05) is 23.6 Å². The second kappa shape index (κ2) is 5.75. The number of carbonyl (C=O) groups is 1. The molecule has 0 amide bonds. The molecule has 0 spiro atoms. The van der Waals surface area contributed by atoms with E-state index in [1.54, 1.807) is 18.0 Å². The second-order valence-corrected chi connectivity index (χ2v) is 6.43. The van der Waals surface area contributed by atoms with Gasteiger partial charge in [0.05, 0.1) is 0 Å². The van der Waals surface area contributed by atoms with E-state index in [0.717, 1.165) is 22.7 Å². The fourth-order valence-electron chi connectivity index (χ4n) is 2.12. The first-order chi connectivity index (χ1) is 9.34. The highest BCUT2D eigenvalue weighted by molar-refractivity contribution is 8.00. The largest absolute Gasteiger partial charge is 0.457 e. The van der Waals surface area contributed by atoms with Crippen molar-refractivity contribution in [3.05, 3.63) is 52.0 Å². The third kappa shape index (κ3) is 2.82. The van der Waals surface area contributed by atoms with Crippen molar-refractivity contribution in [1.82, 2.24) is 4.98 Å². The number of benzene rings is 1. The summed E-state index contributed by atoms with van der Waals surface area (Å²) in [5.41, 5.74) is 2.36. The molecule has 1 atom stereocenters. The maximum absolute atomic E-state index is 12.2. The number of fused-ring (bicyclic) bond motifs is 1. The smallest absolute Gasteiger partial charge is 0.324 e. The summed E-state index contributed by atoms with van der Waals surface area (Å²) < 4.78 is 5.37. The van der Waals surface area contributed by atoms with Gasteiger partial charge in [-0.3, -0.25) is 4.79 Å². The molecular formula is C14H13NO2S2. The van der Waals surface area contributed by atoms with Crippen LogP contribution < -0.4 is 0 Å². The van der Waals surface area contributed by atoms with Gasteiger partial charge in [-0.1, -0.05) is 24.3 Å². The summed E-state index contributed by atoms with van der Waals surface area (Å²) in [6, 6.07) is 8.12. The number of hydrogen-bond donors (Lipinski definition) is 0. The summed E-state index contributed by atoms with van der Waals surface area (Å²) in [5, 5.41) is 2.53. The van der Waals surface area contributed by atoms with Gasteiger partial charge in [0.25, 0.3) is 0 Å². The van der Waals surface area contributed by atoms with E-state index in [-0.39, 0.29) is 17.8 Å². The van der Waals surface area contributed by atoms with Crippen molar-refractivity contribution in [1.29, 1.82) is 0 Å². The Morgan fingerprint density at radius 3 is 3.16 bits per heavy atom. The topological polar surface area (TPSA) is 39.2 Å². The van der Waals surface area contributed by atoms with Gasteiger partial charge in [0.2, 0.25) is 0 Å². The van der Waals surface area contributed by atoms with E-state index in [2.05, 4.69) is 11.1 Å². The molecule has 1 aromatic carbocycles. The molecule has 0 aliphatic carbocycles. The number of rotatable bonds is 3. The lowest BCUT2D eigenvalue weighted by molar-refractivity contribution is -0.144. The van der Waals surface area contributed by atoms with Gasteiger partial charge < -0.3 is 4.74 Å². The molecule has 3 nitrogen and oxygen atoms in total. The Labute approximate surface area is 120 Å². The fraction of sp³-hybridized carbons (Fsp3) is 0.286. The van der Waals surface area contributed by atoms with E-state index < -0.39 is 0 Å². The van der Waals surface area contributed by atoms with Crippen LogP contribution in [-0.4, -0.2) is 16.7 Å². The number of nitrogens with zero attached hydrogens (tertiary/aromatic N) is 1. The van der Waals surface area contributed by atoms with Crippen molar-refractivity contribution < 1.29 is 9.53 Å². The number of esters is 1. The van der Waals surface area contributed by atoms with E-state index in [0.29, 0.717) is 0 Å². The summed E-state index contributed by atoms with van der Waals surface area (Å²) >= 11 is 3.16. The van der Waals surface area contributed by atoms with Crippen LogP contribution in [0.4, 0.5) is 0 Å². The fourth-order valence-corrected chi connectivity index (χ4v) is 3.84. The second-order valence-electron chi connectivity index (χ2n) is 4.23. The summed E-state index contributed by atoms with van der Waals surface area (Å²) in [7, 11) is 0. The van der Waals surface area contributed by atoms with Crippen LogP contribution in [0.15, 0.2) is 35.8 Å². The zero-order valence-electron chi connectivity index (χ0n) is 10.2. The lowest BCUT2D eigenvalue weighted by Crippen LogP contribution is -2.18. The molecule has 0 fully saturated rings. The highest BCUT2D eigenvalue weighted by Crippen LogP contribution is 2.37. The average molecular weight is 291 g/mol. The van der Waals surface area contributed by atoms with Crippen molar-refractivity contribution in [2.24, 2.45) is 0 Å². The van der Waals surface area contributed by atoms with Gasteiger partial charge in [0.1, 0.15) is 16.9 Å². The van der Waals surface area contributed by atoms with Crippen LogP contribution in [0.3, 0.4) is 0 Å². The molecule has 19 heavy (non-hydrogen) atoms. The quantitative estimate of drug-likeness (QED) is 0.814. The van der Waals surface area contributed by atoms with Crippen LogP contribution in [-0.2, 0) is 22.6 Å². The van der Waals surface area contributed by atoms with E-state index in [1.165, 1.54) is 16.9 Å². The van der Waals surface area contributed by atoms with Crippen LogP contribution in [0.1, 0.15) is 21.4 Å². The number of ether oxygens (including phenoxy) is 1. The maximum atomic E-state index is 12.2. The first-order valence-corrected chi connectivity index (χ1v) is 8.02. The molecule has 1 aliphatic rings. The Bertz CT molecular complexity index is 569. The highest BCUT2D eigenvalue weighted by atomic mass is 32.2. The van der Waals surface area contributed by atoms with E-state index in [9.17, 15) is 4.79 Å². The van der Waals surface area contributed by atoms with Crippen LogP contribution in [0.2, 0.25) is 0 Å². The molecule has 1 aromatic heterocycles. The predicted molar refractivity (Wildman–Crippen MR) is 77.3 cm³/mol. The van der Waals surface area contributed by atoms with Crippen molar-refractivity contribution in [3.63, 3.8) is 0 Å². The van der Waals surface area contributed by atoms with Gasteiger partial charge >= 0.3 is 5.97 Å². The van der Waals surface area contributed by atoms with Gasteiger partial charge in [-0.2, -0.15) is 0 Å². The molecular weight excluding hydrogens is 278 g/mol. The first-order valence-electron chi connectivity index (χ1n) is 6.09. The zero-order chi connectivity index (χ0) is 13.1. The average Bonchev–Trinajstić information content (AvgIpc) is 2.97. The Hall–Kier alpha value is -1.33. The molecule has 5 heteroatoms. The number of aryl methyl sites for hydroxylation is 1. The zero-order valence-corrected chi connectivity index (χ0v) is 11.9. The number of thioether (sulfide) groups is 1. The van der Waals surface area contributed by atoms with Crippen molar-refractivity contribution in [3.8, 4) is 0 Å². The third-order valence-electron chi connectivity index (χ3n) is 3.03. The van der Waals surface area contributed by atoms with Crippen LogP contribution in [0.25, 0.3) is 0 Å². The van der Waals surface area contributed by atoms with E-state index in [4.69, 9.17) is 4.74 Å². The Morgan fingerprint density at radius 2 is 2.32 bits per heavy atom. The number of thiazole rings is 1. The van der Waals surface area contributed by atoms with Crippen molar-refractivity contribution >= 4 is 29.1 Å². The Balaban J connectivity index is 1.71. The summed E-state index contributed by atoms with van der Waals surface area (Å²) in [6.07, 6.45) is 2.75. The van der Waals surface area contributed by atoms with Crippen LogP contribution in [0.5, 0.6) is 0 Å². The standard InChI is InChI=1S/C14H13NO2S2/c16-14(17-9-12-15-6-8-18-12)13-11-4-2-1-3-10(11)5-7-19-13/h1-4,6,8,13H,5,7,9H2/t13-/m0/s1. The third-order valence-corrected chi connectivity index (χ3v) is 5.00. The highest BCUT2D eigenvalue weighted by Gasteiger charge is 2.28. The molecule has 2 aromatic rings. The molecule has 2 heterocycles. The van der Waals surface area contributed by atoms with Gasteiger partial charge in [0.15, 0.2) is 0 Å². The van der Waals surface area contributed by atoms with Crippen molar-refractivity contribution in [2.75, 3.05) is 5.75 Å². The van der Waals surface area contributed by atoms with Crippen molar-refractivity contribution in [2.45, 2.75) is 18.3 Å². The Kier molecular flexibility index (Phi) is 3.84. The molecule has 0 bridgehead atoms. The van der Waals surface area contributed by atoms with Gasteiger partial charge in [-0.25, -0.2) is 4.98 Å². The minimum atomic E-state index is -0.190. The normalized spacial score (nSPS) is 17.8. The molecule has 0 unspecified atom stereocenters. The van der Waals surface area contributed by atoms with Crippen LogP contribution in [0, 0.1) is 0 Å². The molecule has 98 valence electrons. The van der Waals surface area contributed by atoms with Crippen LogP contribution >= 0.6 is 23.1 Å². The summed E-state index contributed by atoms with van der Waals surface area (Å²) in [6.45, 7) is 0.274. The molecule has 0 saturated heterocycles. The predicted octanol–water partition coefficient (Wildman–Crippen LogP) is 3.22. The molecule has 0 saturated carbocycles. The molecule has 1 aliphatic heterocycles. The summed E-state index contributed by atoms with van der Waals surface area (Å²) in [4.78, 5) is 16.3. The summed E-state index contributed by atoms with van der Waals surface area (Å²) in [5.74, 6) is 0.806. The van der Waals surface area contributed by atoms with Gasteiger partial charge in [-0.15, -0.1) is 23.1 Å². The first kappa shape index (κ1) is 12.7. The molecule has 3 rings (SSSR count). The monoisotopic (exact) mass is 291 g/mol. The lowest BCUT2D eigenvalue weighted by atomic mass is 10.0. The number of hydrogen-bond acceptors (Lipinski definition) is 5. The van der Waals surface area contributed by atoms with Gasteiger partial charge in [0, 0.05) is 11.6 Å². The number of aromatic nitrogens is 1. The Morgan fingerprint density at radius 1 is 1.42 bits per heavy atom. The minimum Gasteiger partial charge on any atom is -0.457 e. The van der Waals surface area contributed by atoms with Gasteiger partial charge in [-0.05, 0) is 23.3 Å². The molecule has 0 N–H and O–H groups in total. The number of carbonyl (C=O) groups excluding carboxylic acids is 1. The minimum absolute atomic E-state index is 0.160.